The van der Waals surface area contributed by atoms with Crippen molar-refractivity contribution in [3.63, 3.8) is 0 Å². The molecule has 1 amide bonds. The van der Waals surface area contributed by atoms with Crippen LogP contribution in [0.15, 0.2) is 47.4 Å². The number of sulfonamides is 1. The highest BCUT2D eigenvalue weighted by atomic mass is 32.2. The number of primary sulfonamides is 1. The molecule has 23 heavy (non-hydrogen) atoms. The lowest BCUT2D eigenvalue weighted by Gasteiger charge is -2.10. The molecular formula is C15H13N3O4S. The van der Waals surface area contributed by atoms with Gasteiger partial charge in [0, 0.05) is 17.3 Å². The van der Waals surface area contributed by atoms with Crippen LogP contribution in [0.25, 0.3) is 0 Å². The first kappa shape index (κ1) is 16.5. The summed E-state index contributed by atoms with van der Waals surface area (Å²) < 4.78 is 27.8. The van der Waals surface area contributed by atoms with Crippen molar-refractivity contribution in [3.05, 3.63) is 53.6 Å². The highest BCUT2D eigenvalue weighted by molar-refractivity contribution is 7.89. The average Bonchev–Trinajstić information content (AvgIpc) is 2.53. The van der Waals surface area contributed by atoms with Gasteiger partial charge in [0.15, 0.2) is 0 Å². The minimum atomic E-state index is -3.93. The van der Waals surface area contributed by atoms with Crippen LogP contribution in [0.5, 0.6) is 5.75 Å². The van der Waals surface area contributed by atoms with Crippen LogP contribution in [0.2, 0.25) is 0 Å². The zero-order chi connectivity index (χ0) is 17.0. The fourth-order valence-electron chi connectivity index (χ4n) is 1.91. The lowest BCUT2D eigenvalue weighted by molar-refractivity contribution is 0.102. The number of rotatable bonds is 4. The Morgan fingerprint density at radius 2 is 2.00 bits per heavy atom. The smallest absolute Gasteiger partial charge is 0.255 e. The monoisotopic (exact) mass is 331 g/mol. The van der Waals surface area contributed by atoms with Gasteiger partial charge >= 0.3 is 0 Å². The fraction of sp³-hybridized carbons (Fsp3) is 0.0667. The summed E-state index contributed by atoms with van der Waals surface area (Å²) in [5.74, 6) is -0.413. The molecule has 0 saturated heterocycles. The van der Waals surface area contributed by atoms with E-state index in [0.29, 0.717) is 16.8 Å². The summed E-state index contributed by atoms with van der Waals surface area (Å²) in [5.41, 5.74) is 1.000. The summed E-state index contributed by atoms with van der Waals surface area (Å²) in [6, 6.07) is 12.1. The van der Waals surface area contributed by atoms with E-state index in [9.17, 15) is 13.2 Å². The van der Waals surface area contributed by atoms with Crippen LogP contribution >= 0.6 is 0 Å². The Morgan fingerprint density at radius 1 is 1.26 bits per heavy atom. The van der Waals surface area contributed by atoms with Gasteiger partial charge < -0.3 is 10.1 Å². The number of methoxy groups -OCH3 is 1. The maximum absolute atomic E-state index is 12.2. The zero-order valence-corrected chi connectivity index (χ0v) is 12.9. The first-order valence-electron chi connectivity index (χ1n) is 6.37. The van der Waals surface area contributed by atoms with Gasteiger partial charge in [-0.2, -0.15) is 5.26 Å². The highest BCUT2D eigenvalue weighted by Gasteiger charge is 2.16. The second-order valence-corrected chi connectivity index (χ2v) is 6.09. The third-order valence-corrected chi connectivity index (χ3v) is 3.93. The summed E-state index contributed by atoms with van der Waals surface area (Å²) in [4.78, 5) is 12.0. The number of carbonyl (C=O) groups excluding carboxylic acids is 1. The molecule has 0 spiro atoms. The number of nitrogens with zero attached hydrogens (tertiary/aromatic N) is 1. The minimum Gasteiger partial charge on any atom is -0.495 e. The zero-order valence-electron chi connectivity index (χ0n) is 12.1. The van der Waals surface area contributed by atoms with E-state index in [-0.39, 0.29) is 10.6 Å². The molecule has 0 bridgehead atoms. The predicted molar refractivity (Wildman–Crippen MR) is 83.5 cm³/mol. The van der Waals surface area contributed by atoms with E-state index in [1.54, 1.807) is 18.2 Å². The number of hydrogen-bond donors (Lipinski definition) is 2. The molecule has 0 heterocycles. The summed E-state index contributed by atoms with van der Waals surface area (Å²) in [6.45, 7) is 0. The van der Waals surface area contributed by atoms with Gasteiger partial charge in [0.1, 0.15) is 10.6 Å². The summed E-state index contributed by atoms with van der Waals surface area (Å²) in [6.07, 6.45) is 0. The standard InChI is InChI=1S/C15H13N3O4S/c1-22-13-8-12(5-6-14(13)23(17,20)21)18-15(19)11-4-2-3-10(7-11)9-16/h2-8H,1H3,(H,18,19)(H2,17,20,21). The Bertz CT molecular complexity index is 901. The number of carbonyl (C=O) groups is 1. The van der Waals surface area contributed by atoms with Crippen molar-refractivity contribution < 1.29 is 17.9 Å². The van der Waals surface area contributed by atoms with Gasteiger partial charge in [0.25, 0.3) is 5.91 Å². The van der Waals surface area contributed by atoms with Crippen LogP contribution in [-0.2, 0) is 10.0 Å². The van der Waals surface area contributed by atoms with E-state index in [1.807, 2.05) is 6.07 Å². The molecule has 7 nitrogen and oxygen atoms in total. The Hall–Kier alpha value is -2.89. The molecule has 8 heteroatoms. The molecule has 118 valence electrons. The van der Waals surface area contributed by atoms with Gasteiger partial charge in [-0.25, -0.2) is 13.6 Å². The molecule has 0 unspecified atom stereocenters. The van der Waals surface area contributed by atoms with Gasteiger partial charge in [0.05, 0.1) is 18.7 Å². The molecule has 0 radical (unpaired) electrons. The highest BCUT2D eigenvalue weighted by Crippen LogP contribution is 2.26. The van der Waals surface area contributed by atoms with Crippen LogP contribution in [0, 0.1) is 11.3 Å². The van der Waals surface area contributed by atoms with E-state index in [2.05, 4.69) is 5.32 Å². The van der Waals surface area contributed by atoms with Crippen molar-refractivity contribution in [2.75, 3.05) is 12.4 Å². The van der Waals surface area contributed by atoms with E-state index in [4.69, 9.17) is 15.1 Å². The molecule has 0 aliphatic carbocycles. The number of anilines is 1. The number of amides is 1. The summed E-state index contributed by atoms with van der Waals surface area (Å²) >= 11 is 0. The number of benzene rings is 2. The molecule has 2 aromatic carbocycles. The third kappa shape index (κ3) is 3.85. The van der Waals surface area contributed by atoms with Crippen molar-refractivity contribution in [3.8, 4) is 11.8 Å². The van der Waals surface area contributed by atoms with Crippen LogP contribution in [0.4, 0.5) is 5.69 Å². The largest absolute Gasteiger partial charge is 0.495 e. The summed E-state index contributed by atoms with van der Waals surface area (Å²) in [7, 11) is -2.63. The maximum Gasteiger partial charge on any atom is 0.255 e. The van der Waals surface area contributed by atoms with Crippen LogP contribution < -0.4 is 15.2 Å². The lowest BCUT2D eigenvalue weighted by atomic mass is 10.1. The molecule has 0 aliphatic heterocycles. The number of nitrogens with one attached hydrogen (secondary N) is 1. The van der Waals surface area contributed by atoms with Crippen molar-refractivity contribution in [2.24, 2.45) is 5.14 Å². The molecule has 0 atom stereocenters. The number of ether oxygens (including phenoxy) is 1. The predicted octanol–water partition coefficient (Wildman–Crippen LogP) is 1.47. The fourth-order valence-corrected chi connectivity index (χ4v) is 2.59. The Kier molecular flexibility index (Phi) is 4.64. The molecule has 0 aliphatic rings. The molecule has 0 saturated carbocycles. The molecule has 3 N–H and O–H groups in total. The van der Waals surface area contributed by atoms with Gasteiger partial charge in [-0.3, -0.25) is 4.79 Å². The molecule has 0 fully saturated rings. The van der Waals surface area contributed by atoms with E-state index < -0.39 is 15.9 Å². The Labute approximate surface area is 133 Å². The number of nitriles is 1. The van der Waals surface area contributed by atoms with E-state index in [0.717, 1.165) is 0 Å². The number of nitrogens with two attached hydrogens (primary N) is 1. The molecular weight excluding hydrogens is 318 g/mol. The molecule has 2 aromatic rings. The van der Waals surface area contributed by atoms with Crippen molar-refractivity contribution in [1.29, 1.82) is 5.26 Å². The minimum absolute atomic E-state index is 0.0241. The lowest BCUT2D eigenvalue weighted by Crippen LogP contribution is -2.15. The maximum atomic E-state index is 12.2. The molecule has 0 aromatic heterocycles. The van der Waals surface area contributed by atoms with Crippen molar-refractivity contribution >= 4 is 21.6 Å². The van der Waals surface area contributed by atoms with Crippen LogP contribution in [0.1, 0.15) is 15.9 Å². The van der Waals surface area contributed by atoms with E-state index in [1.165, 1.54) is 31.4 Å². The Balaban J connectivity index is 2.30. The molecule has 2 rings (SSSR count). The van der Waals surface area contributed by atoms with Crippen LogP contribution in [-0.4, -0.2) is 21.4 Å². The first-order chi connectivity index (χ1) is 10.8. The average molecular weight is 331 g/mol. The van der Waals surface area contributed by atoms with E-state index >= 15 is 0 Å². The summed E-state index contributed by atoms with van der Waals surface area (Å²) in [5, 5.41) is 16.5. The second-order valence-electron chi connectivity index (χ2n) is 4.56. The quantitative estimate of drug-likeness (QED) is 0.878. The third-order valence-electron chi connectivity index (χ3n) is 2.98. The number of hydrogen-bond acceptors (Lipinski definition) is 5. The van der Waals surface area contributed by atoms with Crippen molar-refractivity contribution in [1.82, 2.24) is 0 Å². The topological polar surface area (TPSA) is 122 Å². The van der Waals surface area contributed by atoms with Gasteiger partial charge in [0.2, 0.25) is 10.0 Å². The van der Waals surface area contributed by atoms with Crippen molar-refractivity contribution in [2.45, 2.75) is 4.90 Å². The Morgan fingerprint density at radius 3 is 2.61 bits per heavy atom. The second kappa shape index (κ2) is 6.48. The van der Waals surface area contributed by atoms with Gasteiger partial charge in [-0.1, -0.05) is 6.07 Å². The van der Waals surface area contributed by atoms with Gasteiger partial charge in [-0.15, -0.1) is 0 Å². The SMILES string of the molecule is COc1cc(NC(=O)c2cccc(C#N)c2)ccc1S(N)(=O)=O. The first-order valence-corrected chi connectivity index (χ1v) is 7.92. The normalized spacial score (nSPS) is 10.7. The van der Waals surface area contributed by atoms with Crippen LogP contribution in [0.3, 0.4) is 0 Å². The van der Waals surface area contributed by atoms with Gasteiger partial charge in [-0.05, 0) is 30.3 Å².